The largest absolute Gasteiger partial charge is 0.358 e. The molecule has 1 spiro atoms. The fourth-order valence-corrected chi connectivity index (χ4v) is 7.73. The lowest BCUT2D eigenvalue weighted by Crippen LogP contribution is -2.49. The Morgan fingerprint density at radius 1 is 0.925 bits per heavy atom. The number of thiophene rings is 1. The molecule has 1 N–H and O–H groups in total. The first-order valence-corrected chi connectivity index (χ1v) is 14.6. The SMILES string of the molecule is CCCc1ccc(C(=O)[C@@H]2[C@@H](C(=O)c3cccs3)N3C=Cc4ccccc4[C@@H]3[C@]23C(=O)Nc2ccccc23)cc1. The predicted octanol–water partition coefficient (Wildman–Crippen LogP) is 6.68. The van der Waals surface area contributed by atoms with Gasteiger partial charge in [-0.2, -0.15) is 0 Å². The van der Waals surface area contributed by atoms with E-state index in [-0.39, 0.29) is 17.5 Å². The molecule has 0 bridgehead atoms. The molecule has 6 heteroatoms. The van der Waals surface area contributed by atoms with Gasteiger partial charge in [0.25, 0.3) is 0 Å². The van der Waals surface area contributed by atoms with E-state index in [1.807, 2.05) is 101 Å². The van der Waals surface area contributed by atoms with Crippen molar-refractivity contribution in [1.82, 2.24) is 4.90 Å². The number of para-hydroxylation sites is 1. The van der Waals surface area contributed by atoms with Crippen molar-refractivity contribution < 1.29 is 14.4 Å². The number of hydrogen-bond acceptors (Lipinski definition) is 5. The van der Waals surface area contributed by atoms with Crippen LogP contribution in [0.5, 0.6) is 0 Å². The van der Waals surface area contributed by atoms with Crippen molar-refractivity contribution in [2.75, 3.05) is 5.32 Å². The van der Waals surface area contributed by atoms with Crippen LogP contribution in [0.1, 0.15) is 61.7 Å². The van der Waals surface area contributed by atoms with E-state index in [0.717, 1.165) is 35.1 Å². The van der Waals surface area contributed by atoms with E-state index in [4.69, 9.17) is 0 Å². The molecule has 1 amide bonds. The first-order valence-electron chi connectivity index (χ1n) is 13.7. The number of carbonyl (C=O) groups excluding carboxylic acids is 3. The Morgan fingerprint density at radius 3 is 2.48 bits per heavy atom. The third-order valence-corrected chi connectivity index (χ3v) is 9.55. The topological polar surface area (TPSA) is 66.5 Å². The first kappa shape index (κ1) is 24.7. The van der Waals surface area contributed by atoms with Gasteiger partial charge in [0.05, 0.1) is 16.8 Å². The highest BCUT2D eigenvalue weighted by atomic mass is 32.1. The molecule has 5 nitrogen and oxygen atoms in total. The highest BCUT2D eigenvalue weighted by molar-refractivity contribution is 7.12. The van der Waals surface area contributed by atoms with E-state index in [1.54, 1.807) is 6.07 Å². The van der Waals surface area contributed by atoms with E-state index in [0.29, 0.717) is 16.1 Å². The van der Waals surface area contributed by atoms with E-state index in [9.17, 15) is 14.4 Å². The molecule has 4 heterocycles. The molecule has 1 aromatic heterocycles. The molecule has 0 radical (unpaired) electrons. The van der Waals surface area contributed by atoms with Crippen LogP contribution < -0.4 is 5.32 Å². The molecule has 4 atom stereocenters. The van der Waals surface area contributed by atoms with Crippen LogP contribution in [-0.4, -0.2) is 28.4 Å². The van der Waals surface area contributed by atoms with Gasteiger partial charge in [-0.05, 0) is 52.3 Å². The Bertz CT molecular complexity index is 1670. The number of rotatable bonds is 6. The fraction of sp³-hybridized carbons (Fsp3) is 0.206. The van der Waals surface area contributed by atoms with Crippen LogP contribution in [0.2, 0.25) is 0 Å². The summed E-state index contributed by atoms with van der Waals surface area (Å²) in [5.41, 5.74) is 3.76. The van der Waals surface area contributed by atoms with Crippen molar-refractivity contribution in [2.45, 2.75) is 37.3 Å². The summed E-state index contributed by atoms with van der Waals surface area (Å²) in [6.45, 7) is 2.12. The summed E-state index contributed by atoms with van der Waals surface area (Å²) in [5.74, 6) is -1.51. The van der Waals surface area contributed by atoms with Crippen LogP contribution in [0.4, 0.5) is 5.69 Å². The number of aryl methyl sites for hydroxylation is 1. The summed E-state index contributed by atoms with van der Waals surface area (Å²) in [7, 11) is 0. The van der Waals surface area contributed by atoms with Gasteiger partial charge in [-0.1, -0.05) is 86.1 Å². The quantitative estimate of drug-likeness (QED) is 0.275. The summed E-state index contributed by atoms with van der Waals surface area (Å²) in [5, 5.41) is 4.97. The number of ketones is 2. The third-order valence-electron chi connectivity index (χ3n) is 8.66. The molecule has 1 saturated heterocycles. The molecule has 3 aliphatic heterocycles. The summed E-state index contributed by atoms with van der Waals surface area (Å²) in [6, 6.07) is 25.5. The molecular weight excluding hydrogens is 516 g/mol. The zero-order chi connectivity index (χ0) is 27.4. The highest BCUT2D eigenvalue weighted by Gasteiger charge is 2.70. The first-order chi connectivity index (χ1) is 19.6. The number of carbonyl (C=O) groups is 3. The van der Waals surface area contributed by atoms with Gasteiger partial charge in [0, 0.05) is 17.5 Å². The minimum atomic E-state index is -1.30. The second kappa shape index (κ2) is 9.42. The van der Waals surface area contributed by atoms with Crippen molar-refractivity contribution >= 4 is 40.6 Å². The maximum atomic E-state index is 14.8. The number of benzene rings is 3. The average molecular weight is 545 g/mol. The second-order valence-corrected chi connectivity index (χ2v) is 11.7. The third kappa shape index (κ3) is 3.42. The maximum Gasteiger partial charge on any atom is 0.238 e. The molecule has 40 heavy (non-hydrogen) atoms. The monoisotopic (exact) mass is 544 g/mol. The van der Waals surface area contributed by atoms with Gasteiger partial charge >= 0.3 is 0 Å². The molecule has 0 unspecified atom stereocenters. The molecule has 4 aromatic rings. The average Bonchev–Trinajstić information content (AvgIpc) is 3.70. The zero-order valence-electron chi connectivity index (χ0n) is 22.0. The minimum Gasteiger partial charge on any atom is -0.358 e. The van der Waals surface area contributed by atoms with Gasteiger partial charge < -0.3 is 10.2 Å². The fourth-order valence-electron chi connectivity index (χ4n) is 7.04. The number of hydrogen-bond donors (Lipinski definition) is 1. The second-order valence-electron chi connectivity index (χ2n) is 10.7. The van der Waals surface area contributed by atoms with Crippen molar-refractivity contribution in [3.63, 3.8) is 0 Å². The van der Waals surface area contributed by atoms with Crippen LogP contribution in [0.3, 0.4) is 0 Å². The van der Waals surface area contributed by atoms with Crippen LogP contribution >= 0.6 is 11.3 Å². The van der Waals surface area contributed by atoms with Crippen LogP contribution in [0.15, 0.2) is 96.5 Å². The van der Waals surface area contributed by atoms with Crippen molar-refractivity contribution in [2.24, 2.45) is 5.92 Å². The lowest BCUT2D eigenvalue weighted by molar-refractivity contribution is -0.122. The summed E-state index contributed by atoms with van der Waals surface area (Å²) >= 11 is 1.37. The van der Waals surface area contributed by atoms with E-state index in [2.05, 4.69) is 12.2 Å². The molecule has 0 saturated carbocycles. The number of nitrogens with one attached hydrogen (secondary N) is 1. The van der Waals surface area contributed by atoms with E-state index in [1.165, 1.54) is 11.3 Å². The standard InChI is InChI=1S/C34H28N2O3S/c1-2-8-21-14-16-23(17-15-21)30(37)28-29(31(38)27-13-7-20-40-27)36-19-18-22-9-3-4-10-24(22)32(36)34(28)25-11-5-6-12-26(25)35-33(34)39/h3-7,9-20,28-29,32H,2,8H2,1H3,(H,35,39)/t28-,29-,32+,34+/m0/s1. The number of nitrogens with zero attached hydrogens (tertiary/aromatic N) is 1. The molecule has 1 fully saturated rings. The van der Waals surface area contributed by atoms with Crippen molar-refractivity contribution in [1.29, 1.82) is 0 Å². The molecule has 7 rings (SSSR count). The Balaban J connectivity index is 1.50. The number of anilines is 1. The molecule has 0 aliphatic carbocycles. The lowest BCUT2D eigenvalue weighted by atomic mass is 9.62. The van der Waals surface area contributed by atoms with Crippen LogP contribution in [0.25, 0.3) is 6.08 Å². The Kier molecular flexibility index (Phi) is 5.82. The highest BCUT2D eigenvalue weighted by Crippen LogP contribution is 2.62. The summed E-state index contributed by atoms with van der Waals surface area (Å²) < 4.78 is 0. The van der Waals surface area contributed by atoms with E-state index < -0.39 is 23.4 Å². The Hall–Kier alpha value is -4.29. The van der Waals surface area contributed by atoms with Gasteiger partial charge in [0.1, 0.15) is 11.5 Å². The smallest absolute Gasteiger partial charge is 0.238 e. The van der Waals surface area contributed by atoms with Gasteiger partial charge in [-0.25, -0.2) is 0 Å². The minimum absolute atomic E-state index is 0.140. The van der Waals surface area contributed by atoms with Gasteiger partial charge in [0.2, 0.25) is 5.91 Å². The molecule has 198 valence electrons. The number of amides is 1. The lowest BCUT2D eigenvalue weighted by Gasteiger charge is -2.38. The Morgan fingerprint density at radius 2 is 1.70 bits per heavy atom. The van der Waals surface area contributed by atoms with Crippen LogP contribution in [-0.2, 0) is 16.6 Å². The summed E-state index contributed by atoms with van der Waals surface area (Å²) in [6.07, 6.45) is 5.83. The molecule has 3 aliphatic rings. The number of Topliss-reactive ketones (excluding diaryl/α,β-unsaturated/α-hetero) is 2. The normalized spacial score (nSPS) is 24.0. The van der Waals surface area contributed by atoms with Gasteiger partial charge in [0.15, 0.2) is 11.6 Å². The molecule has 3 aromatic carbocycles. The van der Waals surface area contributed by atoms with Crippen LogP contribution in [0, 0.1) is 5.92 Å². The zero-order valence-corrected chi connectivity index (χ0v) is 22.9. The van der Waals surface area contributed by atoms with Crippen molar-refractivity contribution in [3.05, 3.63) is 129 Å². The van der Waals surface area contributed by atoms with Gasteiger partial charge in [-0.15, -0.1) is 11.3 Å². The number of fused-ring (bicyclic) bond motifs is 6. The summed E-state index contributed by atoms with van der Waals surface area (Å²) in [4.78, 5) is 46.2. The van der Waals surface area contributed by atoms with E-state index >= 15 is 0 Å². The molecular formula is C34H28N2O3S. The Labute approximate surface area is 237 Å². The van der Waals surface area contributed by atoms with Gasteiger partial charge in [-0.3, -0.25) is 14.4 Å². The van der Waals surface area contributed by atoms with Crippen molar-refractivity contribution in [3.8, 4) is 0 Å². The predicted molar refractivity (Wildman–Crippen MR) is 158 cm³/mol. The maximum absolute atomic E-state index is 14.8.